The van der Waals surface area contributed by atoms with Crippen molar-refractivity contribution in [2.24, 2.45) is 0 Å². The van der Waals surface area contributed by atoms with Gasteiger partial charge in [0.05, 0.1) is 11.8 Å². The Hall–Kier alpha value is -2.64. The van der Waals surface area contributed by atoms with Crippen molar-refractivity contribution >= 4 is 23.1 Å². The molecule has 2 heterocycles. The van der Waals surface area contributed by atoms with Gasteiger partial charge >= 0.3 is 0 Å². The molecule has 27 heavy (non-hydrogen) atoms. The first-order valence-corrected chi connectivity index (χ1v) is 9.53. The first kappa shape index (κ1) is 19.1. The van der Waals surface area contributed by atoms with Crippen LogP contribution >= 0.6 is 11.8 Å². The Morgan fingerprint density at radius 2 is 1.96 bits per heavy atom. The molecule has 2 N–H and O–H groups in total. The monoisotopic (exact) mass is 382 g/mol. The molecule has 6 nitrogen and oxygen atoms in total. The lowest BCUT2D eigenvalue weighted by atomic mass is 9.98. The van der Waals surface area contributed by atoms with Crippen LogP contribution in [0.5, 0.6) is 0 Å². The van der Waals surface area contributed by atoms with Gasteiger partial charge in [-0.2, -0.15) is 5.10 Å². The van der Waals surface area contributed by atoms with Gasteiger partial charge in [0, 0.05) is 35.9 Å². The van der Waals surface area contributed by atoms with E-state index in [1.54, 1.807) is 17.8 Å². The van der Waals surface area contributed by atoms with Crippen LogP contribution in [0.25, 0.3) is 5.82 Å². The summed E-state index contributed by atoms with van der Waals surface area (Å²) in [6, 6.07) is 11.7. The molecule has 2 aromatic heterocycles. The number of rotatable bonds is 7. The number of aliphatic hydroxyl groups excluding tert-OH is 1. The highest BCUT2D eigenvalue weighted by Gasteiger charge is 2.15. The predicted molar refractivity (Wildman–Crippen MR) is 108 cm³/mol. The first-order chi connectivity index (χ1) is 13.0. The van der Waals surface area contributed by atoms with Gasteiger partial charge in [-0.15, -0.1) is 0 Å². The van der Waals surface area contributed by atoms with Gasteiger partial charge in [0.25, 0.3) is 0 Å². The molecule has 140 valence electrons. The number of hydrogen-bond donors (Lipinski definition) is 2. The van der Waals surface area contributed by atoms with Crippen molar-refractivity contribution in [3.8, 4) is 5.82 Å². The van der Waals surface area contributed by atoms with E-state index < -0.39 is 6.10 Å². The molecule has 0 amide bonds. The van der Waals surface area contributed by atoms with Crippen LogP contribution in [0.1, 0.15) is 42.7 Å². The van der Waals surface area contributed by atoms with Gasteiger partial charge in [-0.1, -0.05) is 30.8 Å². The minimum absolute atomic E-state index is 0.0693. The predicted octanol–water partition coefficient (Wildman–Crippen LogP) is 3.80. The molecule has 3 rings (SSSR count). The summed E-state index contributed by atoms with van der Waals surface area (Å²) in [5, 5.41) is 17.3. The van der Waals surface area contributed by atoms with Crippen LogP contribution in [-0.4, -0.2) is 32.5 Å². The zero-order chi connectivity index (χ0) is 19.4. The van der Waals surface area contributed by atoms with E-state index in [1.807, 2.05) is 49.6 Å². The minimum atomic E-state index is -0.543. The number of carbonyl (C=O) groups excluding carboxylic acids is 1. The zero-order valence-electron chi connectivity index (χ0n) is 15.5. The van der Waals surface area contributed by atoms with Crippen LogP contribution in [0.15, 0.2) is 53.7 Å². The number of pyridine rings is 1. The lowest BCUT2D eigenvalue weighted by Gasteiger charge is -2.13. The van der Waals surface area contributed by atoms with Crippen molar-refractivity contribution in [2.75, 3.05) is 12.4 Å². The third-order valence-electron chi connectivity index (χ3n) is 4.49. The first-order valence-electron chi connectivity index (χ1n) is 8.65. The molecular formula is C20H22N4O2S. The number of thioether (sulfide) groups is 1. The number of aliphatic hydroxyl groups is 1. The summed E-state index contributed by atoms with van der Waals surface area (Å²) in [5.74, 6) is 0.764. The minimum Gasteiger partial charge on any atom is -0.389 e. The van der Waals surface area contributed by atoms with E-state index in [-0.39, 0.29) is 5.92 Å². The van der Waals surface area contributed by atoms with Crippen LogP contribution in [-0.2, 0) is 4.79 Å². The van der Waals surface area contributed by atoms with Gasteiger partial charge in [-0.05, 0) is 42.3 Å². The van der Waals surface area contributed by atoms with Crippen LogP contribution in [0.2, 0.25) is 0 Å². The van der Waals surface area contributed by atoms with Crippen molar-refractivity contribution in [1.82, 2.24) is 14.8 Å². The smallest absolute Gasteiger partial charge is 0.181 e. The molecule has 0 spiro atoms. The molecule has 3 aromatic rings. The number of nitrogens with zero attached hydrogens (tertiary/aromatic N) is 3. The van der Waals surface area contributed by atoms with Gasteiger partial charge < -0.3 is 10.4 Å². The highest BCUT2D eigenvalue weighted by molar-refractivity contribution is 8.12. The zero-order valence-corrected chi connectivity index (χ0v) is 16.3. The summed E-state index contributed by atoms with van der Waals surface area (Å²) in [6.45, 7) is 3.79. The molecule has 0 saturated carbocycles. The molecule has 2 unspecified atom stereocenters. The molecule has 0 aliphatic carbocycles. The number of benzene rings is 1. The van der Waals surface area contributed by atoms with E-state index in [9.17, 15) is 9.90 Å². The Bertz CT molecular complexity index is 922. The van der Waals surface area contributed by atoms with Crippen LogP contribution < -0.4 is 5.32 Å². The maximum Gasteiger partial charge on any atom is 0.181 e. The van der Waals surface area contributed by atoms with E-state index in [0.717, 1.165) is 44.8 Å². The second-order valence-electron chi connectivity index (χ2n) is 6.25. The van der Waals surface area contributed by atoms with E-state index in [2.05, 4.69) is 22.3 Å². The van der Waals surface area contributed by atoms with Crippen molar-refractivity contribution in [3.63, 3.8) is 0 Å². The maximum atomic E-state index is 10.9. The second-order valence-corrected chi connectivity index (χ2v) is 7.12. The summed E-state index contributed by atoms with van der Waals surface area (Å²) < 4.78 is 1.72. The topological polar surface area (TPSA) is 80.0 Å². The Morgan fingerprint density at radius 1 is 1.19 bits per heavy atom. The quantitative estimate of drug-likeness (QED) is 0.478. The van der Waals surface area contributed by atoms with Gasteiger partial charge in [0.15, 0.2) is 11.4 Å². The molecule has 0 radical (unpaired) electrons. The average molecular weight is 382 g/mol. The molecular weight excluding hydrogens is 360 g/mol. The molecule has 2 atom stereocenters. The van der Waals surface area contributed by atoms with E-state index >= 15 is 0 Å². The maximum absolute atomic E-state index is 10.9. The van der Waals surface area contributed by atoms with Crippen LogP contribution in [0.3, 0.4) is 0 Å². The van der Waals surface area contributed by atoms with Crippen molar-refractivity contribution in [1.29, 1.82) is 0 Å². The molecule has 0 aliphatic heterocycles. The molecule has 0 fully saturated rings. The van der Waals surface area contributed by atoms with Crippen molar-refractivity contribution in [2.45, 2.75) is 30.8 Å². The summed E-state index contributed by atoms with van der Waals surface area (Å²) in [5.41, 5.74) is 4.53. The third kappa shape index (κ3) is 4.20. The van der Waals surface area contributed by atoms with Gasteiger partial charge in [0.1, 0.15) is 0 Å². The number of nitrogens with one attached hydrogen (secondary N) is 1. The Kier molecular flexibility index (Phi) is 5.93. The van der Waals surface area contributed by atoms with E-state index in [0.29, 0.717) is 5.82 Å². The molecule has 1 aromatic carbocycles. The van der Waals surface area contributed by atoms with E-state index in [1.165, 1.54) is 0 Å². The third-order valence-corrected chi connectivity index (χ3v) is 5.18. The molecule has 7 heteroatoms. The highest BCUT2D eigenvalue weighted by Crippen LogP contribution is 2.31. The van der Waals surface area contributed by atoms with Crippen LogP contribution in [0, 0.1) is 0 Å². The fourth-order valence-corrected chi connectivity index (χ4v) is 3.42. The summed E-state index contributed by atoms with van der Waals surface area (Å²) in [6.07, 6.45) is 2.99. The van der Waals surface area contributed by atoms with Gasteiger partial charge in [0.2, 0.25) is 0 Å². The van der Waals surface area contributed by atoms with Crippen LogP contribution in [0.4, 0.5) is 5.69 Å². The SMILES string of the molecule is CNc1ccc(C(C)c2ccn(-c3ccc(C(C)O)cn3)n2)cc1SC=O. The second kappa shape index (κ2) is 8.37. The Balaban J connectivity index is 1.85. The lowest BCUT2D eigenvalue weighted by Crippen LogP contribution is -2.03. The normalized spacial score (nSPS) is 13.2. The summed E-state index contributed by atoms with van der Waals surface area (Å²) >= 11 is 1.16. The van der Waals surface area contributed by atoms with E-state index in [4.69, 9.17) is 0 Å². The Labute approximate surface area is 162 Å². The fraction of sp³-hybridized carbons (Fsp3) is 0.250. The number of aromatic nitrogens is 3. The summed E-state index contributed by atoms with van der Waals surface area (Å²) in [7, 11) is 1.84. The van der Waals surface area contributed by atoms with Crippen molar-refractivity contribution < 1.29 is 9.90 Å². The lowest BCUT2D eigenvalue weighted by molar-refractivity contribution is 0.199. The molecule has 0 saturated heterocycles. The van der Waals surface area contributed by atoms with Gasteiger partial charge in [-0.3, -0.25) is 4.79 Å². The number of hydrogen-bond acceptors (Lipinski definition) is 6. The Morgan fingerprint density at radius 3 is 2.59 bits per heavy atom. The number of carbonyl (C=O) groups is 1. The average Bonchev–Trinajstić information content (AvgIpc) is 3.18. The molecule has 0 bridgehead atoms. The summed E-state index contributed by atoms with van der Waals surface area (Å²) in [4.78, 5) is 16.2. The highest BCUT2D eigenvalue weighted by atomic mass is 32.2. The van der Waals surface area contributed by atoms with Crippen molar-refractivity contribution in [3.05, 3.63) is 65.6 Å². The van der Waals surface area contributed by atoms with Gasteiger partial charge in [-0.25, -0.2) is 9.67 Å². The largest absolute Gasteiger partial charge is 0.389 e. The number of anilines is 1. The standard InChI is InChI=1S/C20H22N4O2S/c1-13(15-4-6-18(21-3)19(10-15)27-12-25)17-8-9-24(23-17)20-7-5-16(11-22-20)14(2)26/h4-14,21,26H,1-3H3. The fourth-order valence-electron chi connectivity index (χ4n) is 2.81. The molecule has 0 aliphatic rings.